The van der Waals surface area contributed by atoms with Crippen molar-refractivity contribution in [3.63, 3.8) is 0 Å². The highest BCUT2D eigenvalue weighted by Crippen LogP contribution is 2.10. The van der Waals surface area contributed by atoms with E-state index in [1.807, 2.05) is 13.8 Å². The van der Waals surface area contributed by atoms with Crippen LogP contribution in [0.5, 0.6) is 0 Å². The fourth-order valence-electron chi connectivity index (χ4n) is 1.71. The first-order chi connectivity index (χ1) is 7.08. The Morgan fingerprint density at radius 3 is 2.07 bits per heavy atom. The highest BCUT2D eigenvalue weighted by Gasteiger charge is 2.12. The Labute approximate surface area is 96.4 Å². The van der Waals surface area contributed by atoms with Crippen molar-refractivity contribution < 1.29 is 0 Å². The van der Waals surface area contributed by atoms with Crippen LogP contribution in [-0.4, -0.2) is 37.6 Å². The van der Waals surface area contributed by atoms with Crippen LogP contribution < -0.4 is 5.32 Å². The lowest BCUT2D eigenvalue weighted by atomic mass is 9.97. The van der Waals surface area contributed by atoms with Gasteiger partial charge in [0.05, 0.1) is 0 Å². The molecule has 1 N–H and O–H groups in total. The van der Waals surface area contributed by atoms with E-state index in [2.05, 4.69) is 31.0 Å². The first-order valence-electron chi connectivity index (χ1n) is 6.51. The maximum atomic E-state index is 3.51. The van der Waals surface area contributed by atoms with Crippen LogP contribution in [0.3, 0.4) is 0 Å². The topological polar surface area (TPSA) is 15.3 Å². The summed E-state index contributed by atoms with van der Waals surface area (Å²) in [4.78, 5) is 2.55. The normalized spacial score (nSPS) is 17.4. The monoisotopic (exact) mass is 214 g/mol. The average Bonchev–Trinajstić information content (AvgIpc) is 2.67. The zero-order valence-corrected chi connectivity index (χ0v) is 11.4. The largest absolute Gasteiger partial charge is 0.315 e. The minimum absolute atomic E-state index is 0.422. The molecule has 1 rings (SSSR count). The van der Waals surface area contributed by atoms with E-state index < -0.39 is 0 Å². The van der Waals surface area contributed by atoms with Gasteiger partial charge < -0.3 is 10.2 Å². The molecule has 0 unspecified atom stereocenters. The van der Waals surface area contributed by atoms with Gasteiger partial charge in [-0.1, -0.05) is 34.6 Å². The Bertz CT molecular complexity index is 132. The minimum atomic E-state index is 0.422. The maximum absolute atomic E-state index is 3.51. The van der Waals surface area contributed by atoms with Crippen molar-refractivity contribution in [1.82, 2.24) is 10.2 Å². The van der Waals surface area contributed by atoms with E-state index in [0.29, 0.717) is 5.41 Å². The van der Waals surface area contributed by atoms with Crippen LogP contribution in [0, 0.1) is 5.41 Å². The number of nitrogens with one attached hydrogen (secondary N) is 1. The Morgan fingerprint density at radius 2 is 1.60 bits per heavy atom. The highest BCUT2D eigenvalue weighted by molar-refractivity contribution is 4.69. The van der Waals surface area contributed by atoms with E-state index in [9.17, 15) is 0 Å². The summed E-state index contributed by atoms with van der Waals surface area (Å²) in [7, 11) is 0. The third-order valence-electron chi connectivity index (χ3n) is 2.46. The molecule has 0 radical (unpaired) electrons. The standard InChI is InChI=1S/C11H24N2.C2H6/c1-11(2,3)10-12-6-9-13-7-4-5-8-13;1-2/h12H,4-10H2,1-3H3;1-2H3. The molecule has 1 aliphatic rings. The lowest BCUT2D eigenvalue weighted by Gasteiger charge is -2.20. The second-order valence-electron chi connectivity index (χ2n) is 5.29. The molecule has 0 atom stereocenters. The lowest BCUT2D eigenvalue weighted by molar-refractivity contribution is 0.316. The van der Waals surface area contributed by atoms with Gasteiger partial charge in [-0.25, -0.2) is 0 Å². The summed E-state index contributed by atoms with van der Waals surface area (Å²) >= 11 is 0. The number of rotatable bonds is 4. The first-order valence-corrected chi connectivity index (χ1v) is 6.51. The second kappa shape index (κ2) is 8.12. The van der Waals surface area contributed by atoms with Gasteiger partial charge in [-0.15, -0.1) is 0 Å². The summed E-state index contributed by atoms with van der Waals surface area (Å²) in [5.41, 5.74) is 0.422. The predicted molar refractivity (Wildman–Crippen MR) is 69.3 cm³/mol. The first kappa shape index (κ1) is 14.9. The van der Waals surface area contributed by atoms with E-state index in [-0.39, 0.29) is 0 Å². The minimum Gasteiger partial charge on any atom is -0.315 e. The molecule has 15 heavy (non-hydrogen) atoms. The van der Waals surface area contributed by atoms with Gasteiger partial charge in [0.15, 0.2) is 0 Å². The van der Waals surface area contributed by atoms with E-state index in [1.54, 1.807) is 0 Å². The smallest absolute Gasteiger partial charge is 0.0107 e. The van der Waals surface area contributed by atoms with Gasteiger partial charge in [0.2, 0.25) is 0 Å². The van der Waals surface area contributed by atoms with Crippen molar-refractivity contribution in [1.29, 1.82) is 0 Å². The maximum Gasteiger partial charge on any atom is 0.0107 e. The Kier molecular flexibility index (Phi) is 8.07. The van der Waals surface area contributed by atoms with Crippen molar-refractivity contribution in [2.75, 3.05) is 32.7 Å². The van der Waals surface area contributed by atoms with E-state index in [4.69, 9.17) is 0 Å². The zero-order chi connectivity index (χ0) is 11.7. The van der Waals surface area contributed by atoms with Crippen molar-refractivity contribution in [3.8, 4) is 0 Å². The third-order valence-corrected chi connectivity index (χ3v) is 2.46. The fraction of sp³-hybridized carbons (Fsp3) is 1.00. The van der Waals surface area contributed by atoms with Crippen LogP contribution in [-0.2, 0) is 0 Å². The van der Waals surface area contributed by atoms with Gasteiger partial charge in [-0.2, -0.15) is 0 Å². The molecule has 0 aromatic carbocycles. The van der Waals surface area contributed by atoms with Crippen LogP contribution in [0.15, 0.2) is 0 Å². The van der Waals surface area contributed by atoms with Crippen LogP contribution in [0.4, 0.5) is 0 Å². The Hall–Kier alpha value is -0.0800. The van der Waals surface area contributed by atoms with Gasteiger partial charge in [-0.05, 0) is 31.3 Å². The SMILES string of the molecule is CC.CC(C)(C)CNCCN1CCCC1. The summed E-state index contributed by atoms with van der Waals surface area (Å²) in [6.07, 6.45) is 2.80. The fourth-order valence-corrected chi connectivity index (χ4v) is 1.71. The molecule has 92 valence electrons. The third kappa shape index (κ3) is 8.88. The van der Waals surface area contributed by atoms with E-state index in [1.165, 1.54) is 32.5 Å². The average molecular weight is 214 g/mol. The molecule has 0 amide bonds. The summed E-state index contributed by atoms with van der Waals surface area (Å²) in [5.74, 6) is 0. The van der Waals surface area contributed by atoms with Crippen molar-refractivity contribution in [2.45, 2.75) is 47.5 Å². The molecule has 0 spiro atoms. The summed E-state index contributed by atoms with van der Waals surface area (Å²) in [5, 5.41) is 3.51. The molecular weight excluding hydrogens is 184 g/mol. The molecule has 1 heterocycles. The molecule has 1 aliphatic heterocycles. The van der Waals surface area contributed by atoms with Gasteiger partial charge in [0.25, 0.3) is 0 Å². The van der Waals surface area contributed by atoms with Crippen molar-refractivity contribution in [2.24, 2.45) is 5.41 Å². The summed E-state index contributed by atoms with van der Waals surface area (Å²) < 4.78 is 0. The van der Waals surface area contributed by atoms with E-state index >= 15 is 0 Å². The molecule has 2 heteroatoms. The van der Waals surface area contributed by atoms with Gasteiger partial charge in [0, 0.05) is 19.6 Å². The Balaban J connectivity index is 0.000000921. The van der Waals surface area contributed by atoms with Gasteiger partial charge >= 0.3 is 0 Å². The molecule has 1 saturated heterocycles. The zero-order valence-electron chi connectivity index (χ0n) is 11.4. The van der Waals surface area contributed by atoms with Crippen molar-refractivity contribution >= 4 is 0 Å². The highest BCUT2D eigenvalue weighted by atomic mass is 15.1. The van der Waals surface area contributed by atoms with Crippen LogP contribution in [0.2, 0.25) is 0 Å². The number of likely N-dealkylation sites (tertiary alicyclic amines) is 1. The van der Waals surface area contributed by atoms with E-state index in [0.717, 1.165) is 13.1 Å². The summed E-state index contributed by atoms with van der Waals surface area (Å²) in [6, 6.07) is 0. The number of hydrogen-bond donors (Lipinski definition) is 1. The van der Waals surface area contributed by atoms with Gasteiger partial charge in [-0.3, -0.25) is 0 Å². The molecule has 0 bridgehead atoms. The molecule has 0 saturated carbocycles. The molecule has 1 fully saturated rings. The number of hydrogen-bond acceptors (Lipinski definition) is 2. The van der Waals surface area contributed by atoms with Crippen molar-refractivity contribution in [3.05, 3.63) is 0 Å². The lowest BCUT2D eigenvalue weighted by Crippen LogP contribution is -2.34. The molecule has 0 aromatic rings. The van der Waals surface area contributed by atoms with Crippen LogP contribution >= 0.6 is 0 Å². The quantitative estimate of drug-likeness (QED) is 0.724. The molecule has 0 aromatic heterocycles. The Morgan fingerprint density at radius 1 is 1.07 bits per heavy atom. The van der Waals surface area contributed by atoms with Crippen LogP contribution in [0.25, 0.3) is 0 Å². The van der Waals surface area contributed by atoms with Crippen LogP contribution in [0.1, 0.15) is 47.5 Å². The molecule has 0 aliphatic carbocycles. The predicted octanol–water partition coefficient (Wildman–Crippen LogP) is 2.74. The number of nitrogens with zero attached hydrogens (tertiary/aromatic N) is 1. The second-order valence-corrected chi connectivity index (χ2v) is 5.29. The summed E-state index contributed by atoms with van der Waals surface area (Å²) in [6.45, 7) is 17.0. The van der Waals surface area contributed by atoms with Gasteiger partial charge in [0.1, 0.15) is 0 Å². The molecular formula is C13H30N2. The molecule has 2 nitrogen and oxygen atoms in total.